The third-order valence-electron chi connectivity index (χ3n) is 3.59. The molecule has 0 aliphatic rings. The second kappa shape index (κ2) is 6.55. The normalized spacial score (nSPS) is 10.7. The highest BCUT2D eigenvalue weighted by molar-refractivity contribution is 7.14. The number of aromatic nitrogens is 2. The Bertz CT molecular complexity index is 940. The van der Waals surface area contributed by atoms with Gasteiger partial charge in [-0.05, 0) is 19.1 Å². The summed E-state index contributed by atoms with van der Waals surface area (Å²) in [6.07, 6.45) is 0. The molecule has 5 heteroatoms. The third-order valence-corrected chi connectivity index (χ3v) is 5.24. The van der Waals surface area contributed by atoms with Gasteiger partial charge in [-0.1, -0.05) is 48.0 Å². The Kier molecular flexibility index (Phi) is 4.11. The lowest BCUT2D eigenvalue weighted by atomic mass is 10.2. The first-order valence-electron chi connectivity index (χ1n) is 7.58. The Hall–Kier alpha value is -2.50. The molecule has 0 saturated heterocycles. The van der Waals surface area contributed by atoms with Gasteiger partial charge in [0.1, 0.15) is 16.4 Å². The van der Waals surface area contributed by atoms with Crippen LogP contribution in [0, 0.1) is 6.92 Å². The van der Waals surface area contributed by atoms with Gasteiger partial charge in [-0.2, -0.15) is 0 Å². The van der Waals surface area contributed by atoms with E-state index in [-0.39, 0.29) is 0 Å². The summed E-state index contributed by atoms with van der Waals surface area (Å²) in [5, 5.41) is 9.35. The molecule has 3 nitrogen and oxygen atoms in total. The summed E-state index contributed by atoms with van der Waals surface area (Å²) in [7, 11) is 0. The molecule has 2 heterocycles. The summed E-state index contributed by atoms with van der Waals surface area (Å²) in [5.74, 6) is 0. The van der Waals surface area contributed by atoms with Gasteiger partial charge in [0.05, 0.1) is 0 Å². The fourth-order valence-electron chi connectivity index (χ4n) is 2.31. The smallest absolute Gasteiger partial charge is 0.187 e. The van der Waals surface area contributed by atoms with Crippen LogP contribution in [0.1, 0.15) is 5.56 Å². The summed E-state index contributed by atoms with van der Waals surface area (Å²) in [4.78, 5) is 9.37. The Morgan fingerprint density at radius 3 is 2.29 bits per heavy atom. The minimum Gasteiger partial charge on any atom is -0.332 e. The average molecular weight is 349 g/mol. The molecule has 0 radical (unpaired) electrons. The van der Waals surface area contributed by atoms with Crippen molar-refractivity contribution in [1.82, 2.24) is 9.97 Å². The lowest BCUT2D eigenvalue weighted by Gasteiger charge is -2.02. The van der Waals surface area contributed by atoms with Crippen LogP contribution in [-0.4, -0.2) is 9.97 Å². The maximum absolute atomic E-state index is 4.72. The predicted molar refractivity (Wildman–Crippen MR) is 103 cm³/mol. The number of rotatable bonds is 4. The number of benzene rings is 2. The highest BCUT2D eigenvalue weighted by Gasteiger charge is 2.10. The van der Waals surface area contributed by atoms with E-state index in [1.54, 1.807) is 22.7 Å². The van der Waals surface area contributed by atoms with E-state index in [1.165, 1.54) is 5.56 Å². The molecule has 0 bridgehead atoms. The average Bonchev–Trinajstić information content (AvgIpc) is 3.27. The first kappa shape index (κ1) is 15.1. The highest BCUT2D eigenvalue weighted by atomic mass is 32.1. The molecule has 0 atom stereocenters. The van der Waals surface area contributed by atoms with Gasteiger partial charge < -0.3 is 5.32 Å². The molecule has 0 fully saturated rings. The van der Waals surface area contributed by atoms with Crippen molar-refractivity contribution in [2.45, 2.75) is 6.92 Å². The zero-order valence-corrected chi connectivity index (χ0v) is 14.7. The SMILES string of the molecule is Cc1ccc(Nc2nc(-c3csc(-c4ccccc4)n3)cs2)cc1. The van der Waals surface area contributed by atoms with Crippen LogP contribution in [0.3, 0.4) is 0 Å². The fraction of sp³-hybridized carbons (Fsp3) is 0.0526. The molecule has 4 aromatic rings. The summed E-state index contributed by atoms with van der Waals surface area (Å²) >= 11 is 3.24. The molecule has 0 spiro atoms. The number of aryl methyl sites for hydroxylation is 1. The van der Waals surface area contributed by atoms with Crippen LogP contribution < -0.4 is 5.32 Å². The minimum absolute atomic E-state index is 0.878. The molecular formula is C19H15N3S2. The zero-order valence-electron chi connectivity index (χ0n) is 13.1. The third kappa shape index (κ3) is 3.22. The van der Waals surface area contributed by atoms with Crippen LogP contribution in [0.15, 0.2) is 65.4 Å². The number of anilines is 2. The van der Waals surface area contributed by atoms with Crippen molar-refractivity contribution in [1.29, 1.82) is 0 Å². The number of nitrogens with one attached hydrogen (secondary N) is 1. The Morgan fingerprint density at radius 1 is 0.792 bits per heavy atom. The van der Waals surface area contributed by atoms with Gasteiger partial charge in [0.2, 0.25) is 0 Å². The Morgan fingerprint density at radius 2 is 1.50 bits per heavy atom. The minimum atomic E-state index is 0.878. The van der Waals surface area contributed by atoms with Crippen molar-refractivity contribution in [3.63, 3.8) is 0 Å². The molecule has 24 heavy (non-hydrogen) atoms. The highest BCUT2D eigenvalue weighted by Crippen LogP contribution is 2.31. The molecular weight excluding hydrogens is 334 g/mol. The van der Waals surface area contributed by atoms with Crippen LogP contribution in [0.5, 0.6) is 0 Å². The van der Waals surface area contributed by atoms with Gasteiger partial charge in [0.15, 0.2) is 5.13 Å². The van der Waals surface area contributed by atoms with Crippen molar-refractivity contribution < 1.29 is 0 Å². The van der Waals surface area contributed by atoms with Crippen LogP contribution in [-0.2, 0) is 0 Å². The molecule has 4 rings (SSSR count). The number of nitrogens with zero attached hydrogens (tertiary/aromatic N) is 2. The maximum atomic E-state index is 4.72. The zero-order chi connectivity index (χ0) is 16.4. The van der Waals surface area contributed by atoms with E-state index < -0.39 is 0 Å². The van der Waals surface area contributed by atoms with Crippen LogP contribution in [0.2, 0.25) is 0 Å². The molecule has 0 unspecified atom stereocenters. The lowest BCUT2D eigenvalue weighted by molar-refractivity contribution is 1.32. The van der Waals surface area contributed by atoms with Crippen molar-refractivity contribution in [2.75, 3.05) is 5.32 Å². The molecule has 2 aromatic carbocycles. The van der Waals surface area contributed by atoms with Gasteiger partial charge in [-0.15, -0.1) is 22.7 Å². The Balaban J connectivity index is 1.55. The van der Waals surface area contributed by atoms with E-state index in [2.05, 4.69) is 59.0 Å². The van der Waals surface area contributed by atoms with Gasteiger partial charge in [-0.25, -0.2) is 9.97 Å². The molecule has 2 aromatic heterocycles. The lowest BCUT2D eigenvalue weighted by Crippen LogP contribution is -1.89. The first-order valence-corrected chi connectivity index (χ1v) is 9.34. The second-order valence-electron chi connectivity index (χ2n) is 5.43. The molecule has 0 amide bonds. The fourth-order valence-corrected chi connectivity index (χ4v) is 3.86. The van der Waals surface area contributed by atoms with E-state index in [0.29, 0.717) is 0 Å². The van der Waals surface area contributed by atoms with Gasteiger partial charge >= 0.3 is 0 Å². The van der Waals surface area contributed by atoms with Gasteiger partial charge in [-0.3, -0.25) is 0 Å². The summed E-state index contributed by atoms with van der Waals surface area (Å²) in [6, 6.07) is 18.5. The number of thiazole rings is 2. The van der Waals surface area contributed by atoms with Crippen LogP contribution in [0.4, 0.5) is 10.8 Å². The number of hydrogen-bond acceptors (Lipinski definition) is 5. The summed E-state index contributed by atoms with van der Waals surface area (Å²) in [5.41, 5.74) is 5.27. The van der Waals surface area contributed by atoms with Gasteiger partial charge in [0, 0.05) is 22.0 Å². The first-order chi connectivity index (χ1) is 11.8. The topological polar surface area (TPSA) is 37.8 Å². The van der Waals surface area contributed by atoms with Gasteiger partial charge in [0.25, 0.3) is 0 Å². The summed E-state index contributed by atoms with van der Waals surface area (Å²) < 4.78 is 0. The van der Waals surface area contributed by atoms with Crippen LogP contribution >= 0.6 is 22.7 Å². The molecule has 1 N–H and O–H groups in total. The van der Waals surface area contributed by atoms with E-state index >= 15 is 0 Å². The molecule has 0 saturated carbocycles. The monoisotopic (exact) mass is 349 g/mol. The molecule has 0 aliphatic carbocycles. The molecule has 118 valence electrons. The molecule has 0 aliphatic heterocycles. The van der Waals surface area contributed by atoms with Crippen molar-refractivity contribution in [3.05, 3.63) is 70.9 Å². The van der Waals surface area contributed by atoms with Crippen molar-refractivity contribution in [2.24, 2.45) is 0 Å². The standard InChI is InChI=1S/C19H15N3S2/c1-13-7-9-15(10-8-13)20-19-22-17(12-24-19)16-11-23-18(21-16)14-5-3-2-4-6-14/h2-12H,1H3,(H,20,22). The maximum Gasteiger partial charge on any atom is 0.187 e. The Labute approximate surface area is 148 Å². The van der Waals surface area contributed by atoms with Crippen molar-refractivity contribution in [3.8, 4) is 22.0 Å². The van der Waals surface area contributed by atoms with E-state index in [1.807, 2.05) is 23.6 Å². The second-order valence-corrected chi connectivity index (χ2v) is 7.15. The van der Waals surface area contributed by atoms with Crippen molar-refractivity contribution >= 4 is 33.5 Å². The summed E-state index contributed by atoms with van der Waals surface area (Å²) in [6.45, 7) is 2.08. The van der Waals surface area contributed by atoms with E-state index in [0.717, 1.165) is 32.8 Å². The van der Waals surface area contributed by atoms with E-state index in [9.17, 15) is 0 Å². The number of hydrogen-bond donors (Lipinski definition) is 1. The quantitative estimate of drug-likeness (QED) is 0.492. The van der Waals surface area contributed by atoms with Crippen LogP contribution in [0.25, 0.3) is 22.0 Å². The van der Waals surface area contributed by atoms with E-state index in [4.69, 9.17) is 4.98 Å². The largest absolute Gasteiger partial charge is 0.332 e. The predicted octanol–water partition coefficient (Wildman–Crippen LogP) is 5.99.